The molecule has 3 aliphatic rings. The fourth-order valence-corrected chi connectivity index (χ4v) is 5.28. The molecule has 1 saturated carbocycles. The largest absolute Gasteiger partial charge is 0.371 e. The molecular weight excluding hydrogens is 394 g/mol. The SMILES string of the molecule is CC1=C(N2CCC3(CCC(N(C)Cc4ccc(-n5cnnn5)nc4)CC3)C2=O)COC1. The number of aromatic nitrogens is 5. The summed E-state index contributed by atoms with van der Waals surface area (Å²) >= 11 is 0. The summed E-state index contributed by atoms with van der Waals surface area (Å²) in [6, 6.07) is 4.50. The van der Waals surface area contributed by atoms with Gasteiger partial charge in [-0.25, -0.2) is 4.98 Å². The molecule has 2 aromatic rings. The summed E-state index contributed by atoms with van der Waals surface area (Å²) < 4.78 is 7.10. The zero-order chi connectivity index (χ0) is 21.4. The van der Waals surface area contributed by atoms with Crippen LogP contribution in [0.25, 0.3) is 5.82 Å². The Hall–Kier alpha value is -2.65. The lowest BCUT2D eigenvalue weighted by atomic mass is 9.71. The third-order valence-electron chi connectivity index (χ3n) is 7.25. The van der Waals surface area contributed by atoms with E-state index in [1.807, 2.05) is 17.2 Å². The van der Waals surface area contributed by atoms with Gasteiger partial charge in [0, 0.05) is 31.0 Å². The average molecular weight is 424 g/mol. The molecule has 0 radical (unpaired) electrons. The number of hydrogen-bond donors (Lipinski definition) is 0. The molecule has 0 atom stereocenters. The minimum atomic E-state index is -0.164. The zero-order valence-corrected chi connectivity index (χ0v) is 18.2. The lowest BCUT2D eigenvalue weighted by Crippen LogP contribution is -2.42. The maximum absolute atomic E-state index is 13.3. The Morgan fingerprint density at radius 2 is 2.06 bits per heavy atom. The predicted octanol–water partition coefficient (Wildman–Crippen LogP) is 1.95. The number of likely N-dealkylation sites (tertiary alicyclic amines) is 1. The molecule has 4 heterocycles. The zero-order valence-electron chi connectivity index (χ0n) is 18.2. The van der Waals surface area contributed by atoms with Gasteiger partial charge in [0.1, 0.15) is 6.33 Å². The second-order valence-electron chi connectivity index (χ2n) is 9.13. The molecule has 9 heteroatoms. The summed E-state index contributed by atoms with van der Waals surface area (Å²) in [6.07, 6.45) is 8.45. The highest BCUT2D eigenvalue weighted by molar-refractivity contribution is 5.86. The predicted molar refractivity (Wildman–Crippen MR) is 113 cm³/mol. The van der Waals surface area contributed by atoms with Crippen molar-refractivity contribution in [3.63, 3.8) is 0 Å². The normalized spacial score (nSPS) is 26.6. The molecule has 0 bridgehead atoms. The average Bonchev–Trinajstić information content (AvgIpc) is 3.52. The van der Waals surface area contributed by atoms with Crippen molar-refractivity contribution in [1.29, 1.82) is 0 Å². The highest BCUT2D eigenvalue weighted by atomic mass is 16.5. The molecule has 2 aromatic heterocycles. The van der Waals surface area contributed by atoms with E-state index in [4.69, 9.17) is 4.74 Å². The first-order valence-electron chi connectivity index (χ1n) is 11.0. The van der Waals surface area contributed by atoms with Crippen molar-refractivity contribution in [2.24, 2.45) is 5.41 Å². The van der Waals surface area contributed by atoms with Gasteiger partial charge in [-0.05, 0) is 73.7 Å². The first-order valence-corrected chi connectivity index (χ1v) is 11.0. The number of tetrazole rings is 1. The van der Waals surface area contributed by atoms with Gasteiger partial charge in [0.2, 0.25) is 5.91 Å². The van der Waals surface area contributed by atoms with Crippen LogP contribution in [0.15, 0.2) is 35.9 Å². The maximum atomic E-state index is 13.3. The van der Waals surface area contributed by atoms with Crippen LogP contribution < -0.4 is 0 Å². The molecule has 1 aliphatic carbocycles. The minimum Gasteiger partial charge on any atom is -0.371 e. The molecule has 1 spiro atoms. The van der Waals surface area contributed by atoms with Gasteiger partial charge >= 0.3 is 0 Å². The Labute approximate surface area is 182 Å². The van der Waals surface area contributed by atoms with Gasteiger partial charge in [0.05, 0.1) is 18.6 Å². The second kappa shape index (κ2) is 8.12. The van der Waals surface area contributed by atoms with Crippen LogP contribution in [0.5, 0.6) is 0 Å². The third kappa shape index (κ3) is 3.76. The number of carbonyl (C=O) groups is 1. The van der Waals surface area contributed by atoms with Crippen LogP contribution in [0.4, 0.5) is 0 Å². The van der Waals surface area contributed by atoms with E-state index in [9.17, 15) is 4.79 Å². The Balaban J connectivity index is 1.18. The summed E-state index contributed by atoms with van der Waals surface area (Å²) in [5.74, 6) is 1.04. The van der Waals surface area contributed by atoms with Gasteiger partial charge in [-0.15, -0.1) is 5.10 Å². The summed E-state index contributed by atoms with van der Waals surface area (Å²) in [7, 11) is 2.17. The number of ether oxygens (including phenoxy) is 1. The molecule has 9 nitrogen and oxygen atoms in total. The molecule has 2 fully saturated rings. The molecule has 1 amide bonds. The van der Waals surface area contributed by atoms with Gasteiger partial charge in [-0.3, -0.25) is 9.69 Å². The molecule has 164 valence electrons. The van der Waals surface area contributed by atoms with Crippen LogP contribution in [0.3, 0.4) is 0 Å². The summed E-state index contributed by atoms with van der Waals surface area (Å²) in [4.78, 5) is 22.2. The van der Waals surface area contributed by atoms with E-state index in [1.165, 1.54) is 11.9 Å². The Morgan fingerprint density at radius 1 is 1.23 bits per heavy atom. The first-order chi connectivity index (χ1) is 15.1. The van der Waals surface area contributed by atoms with Gasteiger partial charge in [-0.1, -0.05) is 6.07 Å². The van der Waals surface area contributed by atoms with E-state index < -0.39 is 0 Å². The molecule has 0 N–H and O–H groups in total. The summed E-state index contributed by atoms with van der Waals surface area (Å²) in [5.41, 5.74) is 3.31. The van der Waals surface area contributed by atoms with Crippen LogP contribution >= 0.6 is 0 Å². The molecule has 5 rings (SSSR count). The smallest absolute Gasteiger partial charge is 0.233 e. The lowest BCUT2D eigenvalue weighted by molar-refractivity contribution is -0.136. The Bertz CT molecular complexity index is 962. The maximum Gasteiger partial charge on any atom is 0.233 e. The number of hydrogen-bond acceptors (Lipinski definition) is 7. The van der Waals surface area contributed by atoms with E-state index in [0.29, 0.717) is 31.0 Å². The van der Waals surface area contributed by atoms with E-state index in [0.717, 1.165) is 56.5 Å². The van der Waals surface area contributed by atoms with Gasteiger partial charge < -0.3 is 9.64 Å². The lowest BCUT2D eigenvalue weighted by Gasteiger charge is -2.39. The van der Waals surface area contributed by atoms with Gasteiger partial charge in [0.25, 0.3) is 0 Å². The number of rotatable bonds is 5. The van der Waals surface area contributed by atoms with Crippen molar-refractivity contribution in [1.82, 2.24) is 35.0 Å². The fraction of sp³-hybridized carbons (Fsp3) is 0.591. The van der Waals surface area contributed by atoms with Crippen molar-refractivity contribution in [3.05, 3.63) is 41.5 Å². The molecular formula is C22H29N7O2. The highest BCUT2D eigenvalue weighted by Gasteiger charge is 2.49. The van der Waals surface area contributed by atoms with Crippen LogP contribution in [-0.2, 0) is 16.1 Å². The van der Waals surface area contributed by atoms with Crippen molar-refractivity contribution in [3.8, 4) is 5.82 Å². The number of pyridine rings is 1. The molecule has 1 saturated heterocycles. The van der Waals surface area contributed by atoms with Crippen molar-refractivity contribution < 1.29 is 9.53 Å². The minimum absolute atomic E-state index is 0.164. The van der Waals surface area contributed by atoms with E-state index in [-0.39, 0.29) is 5.41 Å². The van der Waals surface area contributed by atoms with Crippen molar-refractivity contribution in [2.45, 2.75) is 51.6 Å². The number of carbonyl (C=O) groups excluding carboxylic acids is 1. The van der Waals surface area contributed by atoms with E-state index in [1.54, 1.807) is 4.68 Å². The van der Waals surface area contributed by atoms with Crippen molar-refractivity contribution >= 4 is 5.91 Å². The molecule has 2 aliphatic heterocycles. The second-order valence-corrected chi connectivity index (χ2v) is 9.13. The third-order valence-corrected chi connectivity index (χ3v) is 7.25. The Kier molecular flexibility index (Phi) is 5.31. The molecule has 31 heavy (non-hydrogen) atoms. The molecule has 0 unspecified atom stereocenters. The van der Waals surface area contributed by atoms with Crippen LogP contribution in [-0.4, -0.2) is 73.7 Å². The van der Waals surface area contributed by atoms with Crippen molar-refractivity contribution in [2.75, 3.05) is 26.8 Å². The Morgan fingerprint density at radius 3 is 2.71 bits per heavy atom. The summed E-state index contributed by atoms with van der Waals surface area (Å²) in [5, 5.41) is 11.2. The van der Waals surface area contributed by atoms with Crippen LogP contribution in [0.1, 0.15) is 44.6 Å². The molecule has 0 aromatic carbocycles. The fourth-order valence-electron chi connectivity index (χ4n) is 5.28. The topological polar surface area (TPSA) is 89.3 Å². The number of amides is 1. The van der Waals surface area contributed by atoms with Gasteiger partial charge in [-0.2, -0.15) is 4.68 Å². The van der Waals surface area contributed by atoms with E-state index >= 15 is 0 Å². The number of nitrogens with zero attached hydrogens (tertiary/aromatic N) is 7. The van der Waals surface area contributed by atoms with E-state index in [2.05, 4.69) is 45.4 Å². The quantitative estimate of drug-likeness (QED) is 0.726. The highest BCUT2D eigenvalue weighted by Crippen LogP contribution is 2.47. The first kappa shape index (κ1) is 20.3. The van der Waals surface area contributed by atoms with Crippen LogP contribution in [0, 0.1) is 5.41 Å². The standard InChI is InChI=1S/C22H29N7O2/c1-16-13-31-14-19(16)28-10-9-22(21(28)30)7-5-18(6-8-22)27(2)12-17-3-4-20(23-11-17)29-15-24-25-26-29/h3-4,11,15,18H,5-10,12-14H2,1-2H3. The van der Waals surface area contributed by atoms with Gasteiger partial charge in [0.15, 0.2) is 5.82 Å². The summed E-state index contributed by atoms with van der Waals surface area (Å²) in [6.45, 7) is 5.00. The monoisotopic (exact) mass is 423 g/mol. The van der Waals surface area contributed by atoms with Crippen LogP contribution in [0.2, 0.25) is 0 Å².